The number of halogens is 3. The van der Waals surface area contributed by atoms with E-state index in [2.05, 4.69) is 10.3 Å². The smallest absolute Gasteiger partial charge is 0.282 e. The van der Waals surface area contributed by atoms with Gasteiger partial charge >= 0.3 is 6.18 Å². The SMILES string of the molecule is O=C(c1cn(CCCc2ccccc2)nn1)C(F)(F)F. The summed E-state index contributed by atoms with van der Waals surface area (Å²) in [5.74, 6) is -1.97. The van der Waals surface area contributed by atoms with Gasteiger partial charge in [-0.2, -0.15) is 13.2 Å². The molecule has 0 aliphatic carbocycles. The second kappa shape index (κ2) is 5.85. The Hall–Kier alpha value is -2.18. The fourth-order valence-electron chi connectivity index (χ4n) is 1.75. The minimum Gasteiger partial charge on any atom is -0.282 e. The van der Waals surface area contributed by atoms with Crippen molar-refractivity contribution < 1.29 is 18.0 Å². The molecule has 7 heteroatoms. The number of aromatic nitrogens is 3. The third-order valence-corrected chi connectivity index (χ3v) is 2.72. The number of benzene rings is 1. The highest BCUT2D eigenvalue weighted by Crippen LogP contribution is 2.19. The Morgan fingerprint density at radius 1 is 1.20 bits per heavy atom. The summed E-state index contributed by atoms with van der Waals surface area (Å²) in [5, 5.41) is 6.78. The van der Waals surface area contributed by atoms with Crippen LogP contribution in [0.1, 0.15) is 22.5 Å². The summed E-state index contributed by atoms with van der Waals surface area (Å²) in [6, 6.07) is 9.70. The van der Waals surface area contributed by atoms with Crippen LogP contribution in [0.15, 0.2) is 36.5 Å². The zero-order chi connectivity index (χ0) is 14.6. The van der Waals surface area contributed by atoms with Crippen LogP contribution in [-0.4, -0.2) is 27.0 Å². The van der Waals surface area contributed by atoms with Gasteiger partial charge in [-0.3, -0.25) is 9.48 Å². The van der Waals surface area contributed by atoms with Crippen molar-refractivity contribution >= 4 is 5.78 Å². The van der Waals surface area contributed by atoms with E-state index in [1.165, 1.54) is 4.68 Å². The molecule has 4 nitrogen and oxygen atoms in total. The van der Waals surface area contributed by atoms with E-state index < -0.39 is 17.7 Å². The van der Waals surface area contributed by atoms with Crippen LogP contribution < -0.4 is 0 Å². The molecule has 20 heavy (non-hydrogen) atoms. The average Bonchev–Trinajstić information content (AvgIpc) is 2.87. The van der Waals surface area contributed by atoms with Crippen LogP contribution >= 0.6 is 0 Å². The molecule has 0 saturated heterocycles. The summed E-state index contributed by atoms with van der Waals surface area (Å²) in [4.78, 5) is 10.9. The molecule has 0 spiro atoms. The molecule has 0 radical (unpaired) electrons. The number of hydrogen-bond acceptors (Lipinski definition) is 3. The maximum absolute atomic E-state index is 12.2. The molecule has 0 amide bonds. The lowest BCUT2D eigenvalue weighted by Crippen LogP contribution is -2.23. The molecule has 1 aromatic carbocycles. The Bertz CT molecular complexity index is 578. The summed E-state index contributed by atoms with van der Waals surface area (Å²) in [6.45, 7) is 0.410. The normalized spacial score (nSPS) is 11.6. The van der Waals surface area contributed by atoms with Gasteiger partial charge in [0.15, 0.2) is 5.69 Å². The first-order valence-electron chi connectivity index (χ1n) is 6.02. The number of Topliss-reactive ketones (excluding diaryl/α,β-unsaturated/α-hetero) is 1. The summed E-state index contributed by atoms with van der Waals surface area (Å²) in [7, 11) is 0. The highest BCUT2D eigenvalue weighted by Gasteiger charge is 2.41. The Labute approximate surface area is 113 Å². The Kier molecular flexibility index (Phi) is 4.16. The van der Waals surface area contributed by atoms with Crippen LogP contribution in [0, 0.1) is 0 Å². The largest absolute Gasteiger partial charge is 0.456 e. The molecule has 0 atom stereocenters. The van der Waals surface area contributed by atoms with Gasteiger partial charge in [0.1, 0.15) is 0 Å². The van der Waals surface area contributed by atoms with Crippen molar-refractivity contribution in [2.45, 2.75) is 25.6 Å². The molecule has 0 bridgehead atoms. The summed E-state index contributed by atoms with van der Waals surface area (Å²) >= 11 is 0. The number of alkyl halides is 3. The van der Waals surface area contributed by atoms with Gasteiger partial charge in [-0.25, -0.2) is 0 Å². The van der Waals surface area contributed by atoms with Crippen LogP contribution in [0.25, 0.3) is 0 Å². The number of hydrogen-bond donors (Lipinski definition) is 0. The van der Waals surface area contributed by atoms with Gasteiger partial charge in [-0.1, -0.05) is 35.5 Å². The Balaban J connectivity index is 1.89. The van der Waals surface area contributed by atoms with Crippen molar-refractivity contribution in [3.8, 4) is 0 Å². The zero-order valence-corrected chi connectivity index (χ0v) is 10.5. The van der Waals surface area contributed by atoms with Crippen LogP contribution in [0.2, 0.25) is 0 Å². The van der Waals surface area contributed by atoms with Gasteiger partial charge in [-0.15, -0.1) is 5.10 Å². The van der Waals surface area contributed by atoms with Crippen LogP contribution in [0.5, 0.6) is 0 Å². The van der Waals surface area contributed by atoms with E-state index in [9.17, 15) is 18.0 Å². The summed E-state index contributed by atoms with van der Waals surface area (Å²) < 4.78 is 37.8. The Morgan fingerprint density at radius 3 is 2.55 bits per heavy atom. The summed E-state index contributed by atoms with van der Waals surface area (Å²) in [5.41, 5.74) is 0.469. The molecular formula is C13H12F3N3O. The number of ketones is 1. The van der Waals surface area contributed by atoms with Crippen molar-refractivity contribution in [1.82, 2.24) is 15.0 Å². The first-order chi connectivity index (χ1) is 9.47. The molecule has 2 aromatic rings. The second-order valence-corrected chi connectivity index (χ2v) is 4.28. The maximum atomic E-state index is 12.2. The van der Waals surface area contributed by atoms with E-state index in [1.807, 2.05) is 30.3 Å². The third-order valence-electron chi connectivity index (χ3n) is 2.72. The molecule has 0 saturated carbocycles. The number of carbonyl (C=O) groups excluding carboxylic acids is 1. The van der Waals surface area contributed by atoms with E-state index in [0.29, 0.717) is 13.0 Å². The van der Waals surface area contributed by atoms with Gasteiger partial charge in [0.05, 0.1) is 6.20 Å². The van der Waals surface area contributed by atoms with Gasteiger partial charge in [-0.05, 0) is 18.4 Å². The number of nitrogens with zero attached hydrogens (tertiary/aromatic N) is 3. The van der Waals surface area contributed by atoms with E-state index >= 15 is 0 Å². The van der Waals surface area contributed by atoms with Gasteiger partial charge in [0.2, 0.25) is 0 Å². The maximum Gasteiger partial charge on any atom is 0.456 e. The topological polar surface area (TPSA) is 47.8 Å². The van der Waals surface area contributed by atoms with Crippen molar-refractivity contribution in [2.24, 2.45) is 0 Å². The standard InChI is InChI=1S/C13H12F3N3O/c14-13(15,16)12(20)11-9-19(18-17-11)8-4-7-10-5-2-1-3-6-10/h1-3,5-6,9H,4,7-8H2. The first kappa shape index (κ1) is 14.2. The van der Waals surface area contributed by atoms with Gasteiger partial charge in [0, 0.05) is 6.54 Å². The van der Waals surface area contributed by atoms with Gasteiger partial charge < -0.3 is 0 Å². The van der Waals surface area contributed by atoms with Crippen molar-refractivity contribution in [3.63, 3.8) is 0 Å². The lowest BCUT2D eigenvalue weighted by Gasteiger charge is -2.01. The lowest BCUT2D eigenvalue weighted by atomic mass is 10.1. The quantitative estimate of drug-likeness (QED) is 0.793. The van der Waals surface area contributed by atoms with Crippen molar-refractivity contribution in [1.29, 1.82) is 0 Å². The molecule has 0 N–H and O–H groups in total. The van der Waals surface area contributed by atoms with Crippen molar-refractivity contribution in [3.05, 3.63) is 47.8 Å². The zero-order valence-electron chi connectivity index (χ0n) is 10.5. The van der Waals surface area contributed by atoms with Crippen molar-refractivity contribution in [2.75, 3.05) is 0 Å². The first-order valence-corrected chi connectivity index (χ1v) is 6.02. The third kappa shape index (κ3) is 3.66. The fourth-order valence-corrected chi connectivity index (χ4v) is 1.75. The predicted molar refractivity (Wildman–Crippen MR) is 65.2 cm³/mol. The molecule has 1 aromatic heterocycles. The highest BCUT2D eigenvalue weighted by atomic mass is 19.4. The van der Waals surface area contributed by atoms with E-state index in [4.69, 9.17) is 0 Å². The number of aryl methyl sites for hydroxylation is 2. The molecule has 106 valence electrons. The molecule has 0 unspecified atom stereocenters. The van der Waals surface area contributed by atoms with Crippen LogP contribution in [-0.2, 0) is 13.0 Å². The second-order valence-electron chi connectivity index (χ2n) is 4.28. The molecular weight excluding hydrogens is 271 g/mol. The minimum atomic E-state index is -4.91. The van der Waals surface area contributed by atoms with E-state index in [0.717, 1.165) is 18.2 Å². The Morgan fingerprint density at radius 2 is 1.90 bits per heavy atom. The molecule has 1 heterocycles. The minimum absolute atomic E-state index is 0.410. The van der Waals surface area contributed by atoms with E-state index in [1.54, 1.807) is 0 Å². The molecule has 0 aliphatic rings. The monoisotopic (exact) mass is 283 g/mol. The van der Waals surface area contributed by atoms with Crippen LogP contribution in [0.3, 0.4) is 0 Å². The average molecular weight is 283 g/mol. The molecule has 0 fully saturated rings. The number of carbonyl (C=O) groups is 1. The van der Waals surface area contributed by atoms with E-state index in [-0.39, 0.29) is 0 Å². The predicted octanol–water partition coefficient (Wildman–Crippen LogP) is 2.66. The lowest BCUT2D eigenvalue weighted by molar-refractivity contribution is -0.0888. The summed E-state index contributed by atoms with van der Waals surface area (Å²) in [6.07, 6.45) is -2.40. The number of rotatable bonds is 5. The molecule has 0 aliphatic heterocycles. The highest BCUT2D eigenvalue weighted by molar-refractivity contribution is 5.98. The molecule has 2 rings (SSSR count). The fraction of sp³-hybridized carbons (Fsp3) is 0.308. The van der Waals surface area contributed by atoms with Crippen LogP contribution in [0.4, 0.5) is 13.2 Å². The van der Waals surface area contributed by atoms with Gasteiger partial charge in [0.25, 0.3) is 5.78 Å².